The number of carbonyl (C=O) groups is 11. The number of hydroxylamine groups is 4. The van der Waals surface area contributed by atoms with Gasteiger partial charge in [0.25, 0.3) is 29.5 Å². The molecule has 6 aromatic rings. The number of fused-ring (bicyclic) bond motifs is 3. The topological polar surface area (TPSA) is 473 Å². The van der Waals surface area contributed by atoms with Crippen LogP contribution >= 0.6 is 69.6 Å². The average molecular weight is 2060 g/mol. The zero-order valence-electron chi connectivity index (χ0n) is 78.4. The van der Waals surface area contributed by atoms with Crippen molar-refractivity contribution >= 4 is 152 Å². The number of benzene rings is 6. The highest BCUT2D eigenvalue weighted by atomic mass is 35.5. The van der Waals surface area contributed by atoms with E-state index < -0.39 is 71.7 Å². The van der Waals surface area contributed by atoms with E-state index in [1.54, 1.807) is 18.2 Å². The summed E-state index contributed by atoms with van der Waals surface area (Å²) in [5, 5.41) is 56.3. The Morgan fingerprint density at radius 1 is 0.403 bits per heavy atom. The van der Waals surface area contributed by atoms with Gasteiger partial charge >= 0.3 is 18.0 Å². The monoisotopic (exact) mass is 2060 g/mol. The third-order valence-electron chi connectivity index (χ3n) is 21.9. The number of halogens is 6. The molecular weight excluding hydrogens is 1940 g/mol. The number of amides is 9. The molecule has 7 atom stereocenters. The van der Waals surface area contributed by atoms with Gasteiger partial charge in [0.15, 0.2) is 24.1 Å². The molecular formula is C96H125Cl6N11O26. The van der Waals surface area contributed by atoms with Gasteiger partial charge in [0, 0.05) is 196 Å². The minimum atomic E-state index is -2.51. The summed E-state index contributed by atoms with van der Waals surface area (Å²) in [5.74, 6) is -7.88. The molecule has 2 saturated heterocycles. The number of aliphatic hydroxyl groups is 4. The summed E-state index contributed by atoms with van der Waals surface area (Å²) in [6, 6.07) is 34.8. The second-order valence-electron chi connectivity index (χ2n) is 32.9. The Morgan fingerprint density at radius 3 is 1.06 bits per heavy atom. The second-order valence-corrected chi connectivity index (χ2v) is 35.5. The molecule has 5 aliphatic heterocycles. The SMILES string of the molecule is CCCOCCOCCOCCNC(=O)Nc1cccc(C2CN(C)Cc3c(Cl)cc(Cl)cc32)c1.CN1Cc2c(Cl)cc(Cl)cc2C(c2cccc(NC(=O)CCCOCCOCCOCCN)c2)C1.CNC(=O)C(O)C(O)C(=O)CCCOCCOCCOCCCC(=O)Nc1cccc(C2CN(C)Cc3c(Cl)cc(Cl)cc32)c1.O=C(ON1C(=O)CCC1=O)C(O)C(O)C(=O)ON1C(=O)CCC1=O. The number of Topliss-reactive ketones (excluding diaryl/α,β-unsaturated/α-hetero) is 1. The van der Waals surface area contributed by atoms with E-state index in [0.717, 1.165) is 119 Å². The number of imide groups is 2. The van der Waals surface area contributed by atoms with E-state index in [0.29, 0.717) is 181 Å². The van der Waals surface area contributed by atoms with Gasteiger partial charge in [-0.2, -0.15) is 0 Å². The smallest absolute Gasteiger partial charge is 0.364 e. The van der Waals surface area contributed by atoms with Gasteiger partial charge < -0.3 is 120 Å². The molecule has 5 aliphatic rings. The lowest BCUT2D eigenvalue weighted by molar-refractivity contribution is -0.216. The van der Waals surface area contributed by atoms with Crippen LogP contribution in [0.2, 0.25) is 30.1 Å². The molecule has 11 N–H and O–H groups in total. The van der Waals surface area contributed by atoms with Crippen LogP contribution in [0, 0.1) is 0 Å². The van der Waals surface area contributed by atoms with Crippen LogP contribution in [-0.2, 0) is 120 Å². The normalized spacial score (nSPS) is 16.6. The van der Waals surface area contributed by atoms with Gasteiger partial charge in [0.2, 0.25) is 11.8 Å². The van der Waals surface area contributed by atoms with E-state index in [1.807, 2.05) is 72.8 Å². The Labute approximate surface area is 837 Å². The molecule has 9 amide bonds. The maximum absolute atomic E-state index is 12.6. The highest BCUT2D eigenvalue weighted by Gasteiger charge is 2.42. The quantitative estimate of drug-likeness (QED) is 0.0125. The minimum Gasteiger partial charge on any atom is -0.382 e. The van der Waals surface area contributed by atoms with E-state index in [1.165, 1.54) is 7.05 Å². The van der Waals surface area contributed by atoms with Crippen molar-refractivity contribution in [1.82, 2.24) is 35.5 Å². The number of carbonyl (C=O) groups excluding carboxylic acids is 11. The van der Waals surface area contributed by atoms with Crippen LogP contribution < -0.4 is 32.3 Å². The predicted molar refractivity (Wildman–Crippen MR) is 519 cm³/mol. The number of likely N-dealkylation sites (N-methyl/N-ethyl adjacent to an activating group) is 4. The first-order chi connectivity index (χ1) is 66.8. The van der Waals surface area contributed by atoms with Crippen molar-refractivity contribution in [2.75, 3.05) is 196 Å². The summed E-state index contributed by atoms with van der Waals surface area (Å²) >= 11 is 38.4. The highest BCUT2D eigenvalue weighted by Crippen LogP contribution is 2.43. The Hall–Kier alpha value is -9.05. The molecule has 139 heavy (non-hydrogen) atoms. The lowest BCUT2D eigenvalue weighted by Crippen LogP contribution is -2.47. The van der Waals surface area contributed by atoms with Crippen LogP contribution in [-0.4, -0.2) is 315 Å². The summed E-state index contributed by atoms with van der Waals surface area (Å²) in [5.41, 5.74) is 17.6. The van der Waals surface area contributed by atoms with Crippen molar-refractivity contribution in [1.29, 1.82) is 0 Å². The van der Waals surface area contributed by atoms with E-state index in [2.05, 4.69) is 97.2 Å². The van der Waals surface area contributed by atoms with Crippen molar-refractivity contribution in [3.8, 4) is 0 Å². The number of hydrogen-bond donors (Lipinski definition) is 10. The Balaban J connectivity index is 0.000000232. The van der Waals surface area contributed by atoms with Crippen molar-refractivity contribution in [3.05, 3.63) is 189 Å². The number of nitrogens with one attached hydrogen (secondary N) is 5. The standard InChI is InChI=1S/C32H43Cl2N3O8.2C26H35Cl2N3O4.C12H12N2O10/c1-35-32(42)31(41)30(40)28(38)8-4-10-43-12-14-45-15-13-44-11-5-9-29(39)36-23-7-3-6-21(16-23)25-19-37(2)20-26-24(25)17-22(33)18-27(26)34;1-31-17-23(22-15-20(27)16-25(28)24(22)18-31)19-4-2-5-21(14-19)30-26(32)6-3-8-33-10-12-35-13-11-34-9-7-29;1-3-8-33-10-12-35-13-11-34-9-7-29-26(32)30-21-6-4-5-19(14-21)23-17-31(2)18-24-22(23)15-20(27)16-25(24)28;15-5-1-2-6(16)13(5)23-11(21)9(19)10(20)12(22)24-14-7(17)3-4-8(14)18/h3,6-7,16-18,25,30-31,40-41H,4-5,8-15,19-20H2,1-2H3,(H,35,42)(H,36,39);2,4-5,14-16,23H,3,6-13,17-18,29H2,1H3,(H,30,32);4-6,14-16,23H,3,7-13,17-18H2,1-2H3,(H2,29,30,32);9-10,19-20H,1-4H2. The summed E-state index contributed by atoms with van der Waals surface area (Å²) < 4.78 is 48.8. The third kappa shape index (κ3) is 39.0. The number of anilines is 3. The number of ketones is 1. The number of urea groups is 1. The molecule has 5 heterocycles. The number of ether oxygens (including phenoxy) is 9. The number of hydrogen-bond acceptors (Lipinski definition) is 30. The Bertz CT molecular complexity index is 4800. The lowest BCUT2D eigenvalue weighted by atomic mass is 9.84. The van der Waals surface area contributed by atoms with Crippen LogP contribution in [0.3, 0.4) is 0 Å². The van der Waals surface area contributed by atoms with Crippen LogP contribution in [0.15, 0.2) is 109 Å². The molecule has 2 fully saturated rings. The van der Waals surface area contributed by atoms with E-state index in [-0.39, 0.29) is 84.4 Å². The van der Waals surface area contributed by atoms with Gasteiger partial charge in [-0.1, -0.05) is 113 Å². The fourth-order valence-corrected chi connectivity index (χ4v) is 16.8. The molecule has 7 unspecified atom stereocenters. The minimum absolute atomic E-state index is 0.0208. The molecule has 6 aromatic carbocycles. The first-order valence-electron chi connectivity index (χ1n) is 45.7. The van der Waals surface area contributed by atoms with Crippen LogP contribution in [0.25, 0.3) is 0 Å². The third-order valence-corrected chi connectivity index (χ3v) is 23.6. The maximum atomic E-state index is 12.6. The highest BCUT2D eigenvalue weighted by molar-refractivity contribution is 6.36. The van der Waals surface area contributed by atoms with Crippen molar-refractivity contribution in [3.63, 3.8) is 0 Å². The average Bonchev–Trinajstić information content (AvgIpc) is 1.01. The number of rotatable bonds is 51. The summed E-state index contributed by atoms with van der Waals surface area (Å²) in [7, 11) is 7.52. The molecule has 0 aromatic heterocycles. The predicted octanol–water partition coefficient (Wildman–Crippen LogP) is 9.53. The largest absolute Gasteiger partial charge is 0.382 e. The fraction of sp³-hybridized carbons (Fsp3) is 0.510. The summed E-state index contributed by atoms with van der Waals surface area (Å²) in [6.07, 6.45) is -6.06. The van der Waals surface area contributed by atoms with Crippen molar-refractivity contribution in [2.45, 2.75) is 139 Å². The van der Waals surface area contributed by atoms with Gasteiger partial charge in [-0.15, -0.1) is 10.1 Å². The Morgan fingerprint density at radius 2 is 0.719 bits per heavy atom. The molecule has 43 heteroatoms. The molecule has 0 radical (unpaired) electrons. The lowest BCUT2D eigenvalue weighted by Gasteiger charge is -2.33. The molecule has 0 aliphatic carbocycles. The van der Waals surface area contributed by atoms with E-state index >= 15 is 0 Å². The van der Waals surface area contributed by atoms with Gasteiger partial charge in [0.1, 0.15) is 6.10 Å². The number of aliphatic hydroxyl groups excluding tert-OH is 4. The first kappa shape index (κ1) is 115. The van der Waals surface area contributed by atoms with Crippen LogP contribution in [0.4, 0.5) is 21.9 Å². The van der Waals surface area contributed by atoms with Crippen LogP contribution in [0.5, 0.6) is 0 Å². The Kier molecular flexibility index (Phi) is 51.2. The van der Waals surface area contributed by atoms with Gasteiger partial charge in [-0.05, 0) is 170 Å². The number of nitrogens with two attached hydrogens (primary N) is 1. The molecule has 0 saturated carbocycles. The molecule has 0 bridgehead atoms. The molecule has 762 valence electrons. The molecule has 11 rings (SSSR count). The van der Waals surface area contributed by atoms with Crippen molar-refractivity contribution < 1.29 is 125 Å². The molecule has 0 spiro atoms. The zero-order valence-corrected chi connectivity index (χ0v) is 83.0. The van der Waals surface area contributed by atoms with E-state index in [9.17, 15) is 73.2 Å². The second kappa shape index (κ2) is 61.7. The molecule has 37 nitrogen and oxygen atoms in total. The number of nitrogens with zero attached hydrogens (tertiary/aromatic N) is 5. The first-order valence-corrected chi connectivity index (χ1v) is 48.0. The summed E-state index contributed by atoms with van der Waals surface area (Å²) in [4.78, 5) is 144. The van der Waals surface area contributed by atoms with E-state index in [4.69, 9.17) is 118 Å². The van der Waals surface area contributed by atoms with Gasteiger partial charge in [0.05, 0.1) is 92.5 Å². The van der Waals surface area contributed by atoms with Gasteiger partial charge in [-0.25, -0.2) is 14.4 Å². The zero-order chi connectivity index (χ0) is 101. The van der Waals surface area contributed by atoms with Crippen molar-refractivity contribution in [2.24, 2.45) is 5.73 Å². The van der Waals surface area contributed by atoms with Crippen LogP contribution in [0.1, 0.15) is 145 Å². The van der Waals surface area contributed by atoms with Gasteiger partial charge in [-0.3, -0.25) is 38.4 Å². The maximum Gasteiger partial charge on any atom is 0.364 e. The summed E-state index contributed by atoms with van der Waals surface area (Å²) in [6.45, 7) is 16.4. The fourth-order valence-electron chi connectivity index (χ4n) is 15.1.